The molecule has 0 saturated heterocycles. The van der Waals surface area contributed by atoms with E-state index in [2.05, 4.69) is 64.4 Å². The quantitative estimate of drug-likeness (QED) is 0.601. The van der Waals surface area contributed by atoms with Gasteiger partial charge in [0.25, 0.3) is 0 Å². The van der Waals surface area contributed by atoms with Crippen LogP contribution in [-0.2, 0) is 11.3 Å². The van der Waals surface area contributed by atoms with Crippen molar-refractivity contribution >= 4 is 21.6 Å². The third kappa shape index (κ3) is 2.62. The van der Waals surface area contributed by atoms with Crippen molar-refractivity contribution in [1.29, 1.82) is 0 Å². The first-order valence-corrected chi connectivity index (χ1v) is 8.07. The number of rotatable bonds is 3. The number of hydrogen-bond acceptors (Lipinski definition) is 2. The van der Waals surface area contributed by atoms with Gasteiger partial charge in [0, 0.05) is 15.6 Å². The van der Waals surface area contributed by atoms with Gasteiger partial charge >= 0.3 is 0 Å². The van der Waals surface area contributed by atoms with Gasteiger partial charge in [-0.1, -0.05) is 46.2 Å². The summed E-state index contributed by atoms with van der Waals surface area (Å²) < 4.78 is 1.06. The number of benzene rings is 2. The van der Waals surface area contributed by atoms with E-state index >= 15 is 0 Å². The molecule has 2 nitrogen and oxygen atoms in total. The van der Waals surface area contributed by atoms with E-state index in [9.17, 15) is 0 Å². The SMILES string of the molecule is CCc1ccc2c(c1)/C(=N/OC(C)C)c1cc(Br)ccc1-2. The molecule has 0 N–H and O–H groups in total. The maximum atomic E-state index is 5.53. The standard InChI is InChI=1S/C18H18BrNO/c1-4-12-5-7-14-15-8-6-13(19)10-17(15)18(16(14)9-12)20-21-11(2)3/h5-11H,4H2,1-3H3/b20-18-. The van der Waals surface area contributed by atoms with Crippen molar-refractivity contribution in [3.63, 3.8) is 0 Å². The maximum Gasteiger partial charge on any atom is 0.122 e. The third-order valence-electron chi connectivity index (χ3n) is 3.63. The summed E-state index contributed by atoms with van der Waals surface area (Å²) in [7, 11) is 0. The van der Waals surface area contributed by atoms with Crippen LogP contribution in [0.1, 0.15) is 37.5 Å². The first-order chi connectivity index (χ1) is 10.1. The minimum Gasteiger partial charge on any atom is -0.393 e. The molecular formula is C18H18BrNO. The number of fused-ring (bicyclic) bond motifs is 3. The largest absolute Gasteiger partial charge is 0.393 e. The minimum atomic E-state index is 0.0755. The highest BCUT2D eigenvalue weighted by Crippen LogP contribution is 2.39. The zero-order chi connectivity index (χ0) is 15.0. The topological polar surface area (TPSA) is 21.6 Å². The summed E-state index contributed by atoms with van der Waals surface area (Å²) in [5.74, 6) is 0. The molecule has 21 heavy (non-hydrogen) atoms. The molecule has 2 aromatic rings. The van der Waals surface area contributed by atoms with E-state index in [1.807, 2.05) is 13.8 Å². The van der Waals surface area contributed by atoms with Crippen LogP contribution >= 0.6 is 15.9 Å². The molecule has 3 heteroatoms. The molecule has 0 amide bonds. The van der Waals surface area contributed by atoms with E-state index < -0.39 is 0 Å². The van der Waals surface area contributed by atoms with Gasteiger partial charge in [-0.25, -0.2) is 0 Å². The van der Waals surface area contributed by atoms with E-state index in [-0.39, 0.29) is 6.10 Å². The smallest absolute Gasteiger partial charge is 0.122 e. The highest BCUT2D eigenvalue weighted by Gasteiger charge is 2.26. The molecule has 0 heterocycles. The number of halogens is 1. The van der Waals surface area contributed by atoms with Gasteiger partial charge in [-0.3, -0.25) is 0 Å². The lowest BCUT2D eigenvalue weighted by atomic mass is 10.0. The van der Waals surface area contributed by atoms with Crippen molar-refractivity contribution in [2.24, 2.45) is 5.16 Å². The lowest BCUT2D eigenvalue weighted by Gasteiger charge is -2.06. The van der Waals surface area contributed by atoms with Crippen molar-refractivity contribution in [1.82, 2.24) is 0 Å². The van der Waals surface area contributed by atoms with Gasteiger partial charge in [0.1, 0.15) is 11.8 Å². The fourth-order valence-corrected chi connectivity index (χ4v) is 2.95. The Morgan fingerprint density at radius 3 is 2.33 bits per heavy atom. The van der Waals surface area contributed by atoms with Crippen molar-refractivity contribution in [2.75, 3.05) is 0 Å². The van der Waals surface area contributed by atoms with Gasteiger partial charge in [-0.2, -0.15) is 0 Å². The van der Waals surface area contributed by atoms with Crippen LogP contribution in [0, 0.1) is 0 Å². The second-order valence-electron chi connectivity index (χ2n) is 5.52. The van der Waals surface area contributed by atoms with Crippen LogP contribution in [-0.4, -0.2) is 11.8 Å². The molecule has 0 unspecified atom stereocenters. The van der Waals surface area contributed by atoms with Crippen LogP contribution in [0.4, 0.5) is 0 Å². The molecule has 3 rings (SSSR count). The fourth-order valence-electron chi connectivity index (χ4n) is 2.59. The second-order valence-corrected chi connectivity index (χ2v) is 6.43. The fraction of sp³-hybridized carbons (Fsp3) is 0.278. The Balaban J connectivity index is 2.20. The highest BCUT2D eigenvalue weighted by molar-refractivity contribution is 9.10. The maximum absolute atomic E-state index is 5.53. The van der Waals surface area contributed by atoms with Crippen molar-refractivity contribution in [3.05, 3.63) is 57.6 Å². The van der Waals surface area contributed by atoms with Crippen LogP contribution in [0.3, 0.4) is 0 Å². The molecule has 0 bridgehead atoms. The van der Waals surface area contributed by atoms with E-state index in [0.717, 1.165) is 22.2 Å². The van der Waals surface area contributed by atoms with Gasteiger partial charge < -0.3 is 4.84 Å². The van der Waals surface area contributed by atoms with E-state index in [1.165, 1.54) is 22.3 Å². The lowest BCUT2D eigenvalue weighted by molar-refractivity contribution is 0.0863. The Bertz CT molecular complexity index is 719. The first kappa shape index (κ1) is 14.3. The van der Waals surface area contributed by atoms with E-state index in [4.69, 9.17) is 4.84 Å². The lowest BCUT2D eigenvalue weighted by Crippen LogP contribution is -2.04. The molecule has 2 aromatic carbocycles. The molecule has 0 fully saturated rings. The predicted octanol–water partition coefficient (Wildman–Crippen LogP) is 5.17. The molecule has 0 radical (unpaired) electrons. The number of nitrogens with zero attached hydrogens (tertiary/aromatic N) is 1. The summed E-state index contributed by atoms with van der Waals surface area (Å²) in [5, 5.41) is 4.42. The third-order valence-corrected chi connectivity index (χ3v) is 4.12. The van der Waals surface area contributed by atoms with E-state index in [1.54, 1.807) is 0 Å². The Labute approximate surface area is 134 Å². The minimum absolute atomic E-state index is 0.0755. The number of oxime groups is 1. The predicted molar refractivity (Wildman–Crippen MR) is 90.8 cm³/mol. The molecule has 0 atom stereocenters. The Morgan fingerprint density at radius 2 is 1.67 bits per heavy atom. The highest BCUT2D eigenvalue weighted by atomic mass is 79.9. The summed E-state index contributed by atoms with van der Waals surface area (Å²) >= 11 is 3.55. The van der Waals surface area contributed by atoms with Crippen molar-refractivity contribution in [2.45, 2.75) is 33.3 Å². The van der Waals surface area contributed by atoms with Gasteiger partial charge in [-0.05, 0) is 55.2 Å². The monoisotopic (exact) mass is 343 g/mol. The van der Waals surface area contributed by atoms with Gasteiger partial charge in [0.15, 0.2) is 0 Å². The van der Waals surface area contributed by atoms with Gasteiger partial charge in [-0.15, -0.1) is 0 Å². The van der Waals surface area contributed by atoms with Crippen LogP contribution < -0.4 is 0 Å². The summed E-state index contributed by atoms with van der Waals surface area (Å²) in [6.07, 6.45) is 1.09. The second kappa shape index (κ2) is 5.64. The molecule has 0 saturated carbocycles. The van der Waals surface area contributed by atoms with Crippen molar-refractivity contribution < 1.29 is 4.84 Å². The first-order valence-electron chi connectivity index (χ1n) is 7.27. The molecule has 0 aliphatic heterocycles. The summed E-state index contributed by atoms with van der Waals surface area (Å²) in [6, 6.07) is 12.9. The average molecular weight is 344 g/mol. The van der Waals surface area contributed by atoms with Crippen LogP contribution in [0.25, 0.3) is 11.1 Å². The molecular weight excluding hydrogens is 326 g/mol. The summed E-state index contributed by atoms with van der Waals surface area (Å²) in [6.45, 7) is 6.15. The molecule has 0 spiro atoms. The molecule has 1 aliphatic rings. The molecule has 108 valence electrons. The summed E-state index contributed by atoms with van der Waals surface area (Å²) in [4.78, 5) is 5.53. The average Bonchev–Trinajstić information content (AvgIpc) is 2.77. The Hall–Kier alpha value is -1.61. The van der Waals surface area contributed by atoms with Crippen LogP contribution in [0.5, 0.6) is 0 Å². The normalized spacial score (nSPS) is 14.4. The van der Waals surface area contributed by atoms with Crippen LogP contribution in [0.2, 0.25) is 0 Å². The van der Waals surface area contributed by atoms with Gasteiger partial charge in [0.2, 0.25) is 0 Å². The zero-order valence-electron chi connectivity index (χ0n) is 12.5. The van der Waals surface area contributed by atoms with Crippen molar-refractivity contribution in [3.8, 4) is 11.1 Å². The molecule has 1 aliphatic carbocycles. The van der Waals surface area contributed by atoms with E-state index in [0.29, 0.717) is 0 Å². The Morgan fingerprint density at radius 1 is 1.00 bits per heavy atom. The number of aryl methyl sites for hydroxylation is 1. The molecule has 0 aromatic heterocycles. The number of hydrogen-bond donors (Lipinski definition) is 0. The van der Waals surface area contributed by atoms with Crippen LogP contribution in [0.15, 0.2) is 46.0 Å². The van der Waals surface area contributed by atoms with Gasteiger partial charge in [0.05, 0.1) is 0 Å². The summed E-state index contributed by atoms with van der Waals surface area (Å²) in [5.41, 5.74) is 7.02. The Kier molecular flexibility index (Phi) is 3.85. The zero-order valence-corrected chi connectivity index (χ0v) is 14.1.